The van der Waals surface area contributed by atoms with Crippen molar-refractivity contribution in [3.63, 3.8) is 0 Å². The number of aromatic nitrogens is 2. The second kappa shape index (κ2) is 8.90. The fourth-order valence-electron chi connectivity index (χ4n) is 3.16. The molecule has 1 saturated carbocycles. The van der Waals surface area contributed by atoms with Crippen LogP contribution in [0.1, 0.15) is 43.6 Å². The molecule has 0 unspecified atom stereocenters. The molecule has 0 atom stereocenters. The van der Waals surface area contributed by atoms with Gasteiger partial charge in [-0.05, 0) is 30.9 Å². The lowest BCUT2D eigenvalue weighted by Gasteiger charge is -2.24. The van der Waals surface area contributed by atoms with Crippen LogP contribution in [-0.4, -0.2) is 28.8 Å². The van der Waals surface area contributed by atoms with Gasteiger partial charge in [0.2, 0.25) is 11.8 Å². The van der Waals surface area contributed by atoms with Crippen molar-refractivity contribution >= 4 is 11.8 Å². The van der Waals surface area contributed by atoms with Crippen LogP contribution in [0.2, 0.25) is 0 Å². The third-order valence-corrected chi connectivity index (χ3v) is 4.38. The van der Waals surface area contributed by atoms with E-state index in [1.165, 1.54) is 18.5 Å². The molecule has 0 aromatic carbocycles. The minimum atomic E-state index is -4.45. The molecular weight excluding hydrogens is 375 g/mol. The van der Waals surface area contributed by atoms with E-state index in [4.69, 9.17) is 9.47 Å². The summed E-state index contributed by atoms with van der Waals surface area (Å²) in [6.07, 6.45) is 2.27. The van der Waals surface area contributed by atoms with E-state index in [1.54, 1.807) is 18.2 Å². The van der Waals surface area contributed by atoms with E-state index < -0.39 is 18.9 Å². The minimum Gasteiger partial charge on any atom is -0.468 e. The Hall–Kier alpha value is -2.84. The number of amides is 1. The smallest absolute Gasteiger partial charge is 0.422 e. The highest BCUT2D eigenvalue weighted by Crippen LogP contribution is 2.38. The van der Waals surface area contributed by atoms with Crippen molar-refractivity contribution in [3.8, 4) is 11.8 Å². The molecule has 28 heavy (non-hydrogen) atoms. The maximum Gasteiger partial charge on any atom is 0.422 e. The Morgan fingerprint density at radius 2 is 1.96 bits per heavy atom. The quantitative estimate of drug-likeness (QED) is 0.765. The molecule has 1 N–H and O–H groups in total. The molecule has 0 saturated heterocycles. The molecule has 0 spiro atoms. The predicted octanol–water partition coefficient (Wildman–Crippen LogP) is 5.08. The van der Waals surface area contributed by atoms with Crippen molar-refractivity contribution in [2.45, 2.75) is 44.2 Å². The van der Waals surface area contributed by atoms with E-state index in [0.29, 0.717) is 11.3 Å². The van der Waals surface area contributed by atoms with Crippen molar-refractivity contribution in [1.82, 2.24) is 9.97 Å². The Labute approximate surface area is 160 Å². The second-order valence-electron chi connectivity index (χ2n) is 6.54. The SMILES string of the molecule is O=C(Nc1cnc(OCC(F)(F)F)c(C2CCCCC2)c1)Oc1ccccn1. The van der Waals surface area contributed by atoms with Gasteiger partial charge in [0.1, 0.15) is 0 Å². The van der Waals surface area contributed by atoms with E-state index in [2.05, 4.69) is 15.3 Å². The van der Waals surface area contributed by atoms with E-state index in [1.807, 2.05) is 0 Å². The molecule has 150 valence electrons. The first-order valence-corrected chi connectivity index (χ1v) is 9.00. The summed E-state index contributed by atoms with van der Waals surface area (Å²) in [5, 5.41) is 2.53. The van der Waals surface area contributed by atoms with Crippen molar-refractivity contribution < 1.29 is 27.4 Å². The maximum atomic E-state index is 12.5. The number of hydrogen-bond donors (Lipinski definition) is 1. The van der Waals surface area contributed by atoms with Crippen molar-refractivity contribution in [3.05, 3.63) is 42.2 Å². The predicted molar refractivity (Wildman–Crippen MR) is 95.5 cm³/mol. The molecule has 2 aromatic rings. The lowest BCUT2D eigenvalue weighted by Crippen LogP contribution is -2.21. The van der Waals surface area contributed by atoms with Crippen molar-refractivity contribution in [2.75, 3.05) is 11.9 Å². The third-order valence-electron chi connectivity index (χ3n) is 4.38. The Balaban J connectivity index is 1.75. The van der Waals surface area contributed by atoms with Crippen LogP contribution in [0.3, 0.4) is 0 Å². The largest absolute Gasteiger partial charge is 0.468 e. The average Bonchev–Trinajstić information content (AvgIpc) is 2.67. The second-order valence-corrected chi connectivity index (χ2v) is 6.54. The summed E-state index contributed by atoms with van der Waals surface area (Å²) in [6, 6.07) is 6.49. The number of halogens is 3. The Bertz CT molecular complexity index is 794. The molecule has 0 aliphatic heterocycles. The topological polar surface area (TPSA) is 73.3 Å². The van der Waals surface area contributed by atoms with Crippen LogP contribution >= 0.6 is 0 Å². The highest BCUT2D eigenvalue weighted by Gasteiger charge is 2.30. The summed E-state index contributed by atoms with van der Waals surface area (Å²) in [5.74, 6) is 0.122. The van der Waals surface area contributed by atoms with E-state index >= 15 is 0 Å². The molecule has 3 rings (SSSR count). The molecular formula is C19H20F3N3O3. The van der Waals surface area contributed by atoms with Gasteiger partial charge in [0.15, 0.2) is 6.61 Å². The number of alkyl halides is 3. The van der Waals surface area contributed by atoms with Gasteiger partial charge in [0.05, 0.1) is 11.9 Å². The Kier molecular flexibility index (Phi) is 6.33. The summed E-state index contributed by atoms with van der Waals surface area (Å²) >= 11 is 0. The number of nitrogens with one attached hydrogen (secondary N) is 1. The fraction of sp³-hybridized carbons (Fsp3) is 0.421. The molecule has 1 aliphatic rings. The zero-order valence-corrected chi connectivity index (χ0v) is 15.0. The molecule has 6 nitrogen and oxygen atoms in total. The van der Waals surface area contributed by atoms with Gasteiger partial charge < -0.3 is 9.47 Å². The van der Waals surface area contributed by atoms with Gasteiger partial charge >= 0.3 is 12.3 Å². The summed E-state index contributed by atoms with van der Waals surface area (Å²) in [5.41, 5.74) is 0.889. The van der Waals surface area contributed by atoms with Gasteiger partial charge in [-0.15, -0.1) is 0 Å². The molecule has 0 radical (unpaired) electrons. The first kappa shape index (κ1) is 19.9. The Morgan fingerprint density at radius 1 is 1.18 bits per heavy atom. The number of carbonyl (C=O) groups is 1. The van der Waals surface area contributed by atoms with Gasteiger partial charge in [-0.3, -0.25) is 5.32 Å². The molecule has 9 heteroatoms. The molecule has 1 amide bonds. The lowest BCUT2D eigenvalue weighted by molar-refractivity contribution is -0.154. The molecule has 2 aromatic heterocycles. The van der Waals surface area contributed by atoms with Crippen LogP contribution < -0.4 is 14.8 Å². The summed E-state index contributed by atoms with van der Waals surface area (Å²) in [7, 11) is 0. The van der Waals surface area contributed by atoms with Crippen LogP contribution in [0, 0.1) is 0 Å². The molecule has 1 fully saturated rings. The van der Waals surface area contributed by atoms with E-state index in [9.17, 15) is 18.0 Å². The monoisotopic (exact) mass is 395 g/mol. The maximum absolute atomic E-state index is 12.5. The van der Waals surface area contributed by atoms with Crippen LogP contribution in [0.4, 0.5) is 23.7 Å². The van der Waals surface area contributed by atoms with Gasteiger partial charge in [0, 0.05) is 17.8 Å². The van der Waals surface area contributed by atoms with Crippen LogP contribution in [0.25, 0.3) is 0 Å². The first-order chi connectivity index (χ1) is 13.4. The van der Waals surface area contributed by atoms with Crippen LogP contribution in [0.15, 0.2) is 36.7 Å². The lowest BCUT2D eigenvalue weighted by atomic mass is 9.84. The highest BCUT2D eigenvalue weighted by atomic mass is 19.4. The summed E-state index contributed by atoms with van der Waals surface area (Å²) in [6.45, 7) is -1.41. The number of nitrogens with zero attached hydrogens (tertiary/aromatic N) is 2. The average molecular weight is 395 g/mol. The van der Waals surface area contributed by atoms with Crippen molar-refractivity contribution in [2.24, 2.45) is 0 Å². The fourth-order valence-corrected chi connectivity index (χ4v) is 3.16. The molecule has 0 bridgehead atoms. The van der Waals surface area contributed by atoms with Gasteiger partial charge in [-0.25, -0.2) is 14.8 Å². The number of hydrogen-bond acceptors (Lipinski definition) is 5. The standard InChI is InChI=1S/C19H20F3N3O3/c20-19(21,22)12-27-17-15(13-6-2-1-3-7-13)10-14(11-24-17)25-18(26)28-16-8-4-5-9-23-16/h4-5,8-11,13H,1-3,6-7,12H2,(H,25,26). The zero-order chi connectivity index (χ0) is 20.0. The Morgan fingerprint density at radius 3 is 2.64 bits per heavy atom. The summed E-state index contributed by atoms with van der Waals surface area (Å²) in [4.78, 5) is 19.9. The first-order valence-electron chi connectivity index (χ1n) is 9.00. The molecule has 2 heterocycles. The van der Waals surface area contributed by atoms with Gasteiger partial charge in [-0.1, -0.05) is 25.3 Å². The minimum absolute atomic E-state index is 0.0399. The summed E-state index contributed by atoms with van der Waals surface area (Å²) < 4.78 is 47.6. The van der Waals surface area contributed by atoms with Gasteiger partial charge in [-0.2, -0.15) is 13.2 Å². The third kappa shape index (κ3) is 5.83. The van der Waals surface area contributed by atoms with Crippen LogP contribution in [0.5, 0.6) is 11.8 Å². The van der Waals surface area contributed by atoms with Gasteiger partial charge in [0.25, 0.3) is 0 Å². The van der Waals surface area contributed by atoms with E-state index in [0.717, 1.165) is 32.1 Å². The van der Waals surface area contributed by atoms with Crippen LogP contribution in [-0.2, 0) is 0 Å². The zero-order valence-electron chi connectivity index (χ0n) is 15.0. The number of pyridine rings is 2. The van der Waals surface area contributed by atoms with E-state index in [-0.39, 0.29) is 17.7 Å². The number of carbonyl (C=O) groups excluding carboxylic acids is 1. The number of ether oxygens (including phenoxy) is 2. The number of anilines is 1. The normalized spacial score (nSPS) is 15.1. The number of rotatable bonds is 5. The van der Waals surface area contributed by atoms with Crippen molar-refractivity contribution in [1.29, 1.82) is 0 Å². The highest BCUT2D eigenvalue weighted by molar-refractivity contribution is 5.86. The molecule has 1 aliphatic carbocycles.